The zero-order valence-corrected chi connectivity index (χ0v) is 26.8. The molecular weight excluding hydrogens is 557 g/mol. The molecule has 0 saturated heterocycles. The third-order valence-corrected chi connectivity index (χ3v) is 8.91. The number of hydrogen-bond acceptors (Lipinski definition) is 6. The van der Waals surface area contributed by atoms with Crippen LogP contribution < -0.4 is 9.47 Å². The maximum Gasteiger partial charge on any atom is 0.165 e. The van der Waals surface area contributed by atoms with Gasteiger partial charge in [-0.2, -0.15) is 0 Å². The summed E-state index contributed by atoms with van der Waals surface area (Å²) in [5.41, 5.74) is 5.49. The third kappa shape index (κ3) is 6.25. The van der Waals surface area contributed by atoms with Crippen molar-refractivity contribution in [1.82, 2.24) is 4.90 Å². The highest BCUT2D eigenvalue weighted by atomic mass is 19.1. The van der Waals surface area contributed by atoms with Crippen molar-refractivity contribution in [2.45, 2.75) is 72.3 Å². The second-order valence-corrected chi connectivity index (χ2v) is 13.8. The first kappa shape index (κ1) is 31.7. The number of rotatable bonds is 10. The highest BCUT2D eigenvalue weighted by Gasteiger charge is 2.49. The van der Waals surface area contributed by atoms with Crippen LogP contribution in [0.25, 0.3) is 0 Å². The number of carbonyl (C=O) groups is 2. The molecule has 2 aromatic rings. The van der Waals surface area contributed by atoms with Crippen LogP contribution in [-0.2, 0) is 27.4 Å². The van der Waals surface area contributed by atoms with E-state index in [1.165, 1.54) is 12.1 Å². The van der Waals surface area contributed by atoms with Gasteiger partial charge in [0.15, 0.2) is 23.1 Å². The number of hydrogen-bond donors (Lipinski definition) is 0. The molecule has 0 aromatic heterocycles. The van der Waals surface area contributed by atoms with E-state index in [4.69, 9.17) is 14.2 Å². The van der Waals surface area contributed by atoms with E-state index < -0.39 is 5.92 Å². The minimum atomic E-state index is -0.505. The number of ether oxygens (including phenoxy) is 3. The first-order valence-corrected chi connectivity index (χ1v) is 15.4. The third-order valence-electron chi connectivity index (χ3n) is 8.91. The number of carbonyl (C=O) groups excluding carboxylic acids is 2. The van der Waals surface area contributed by atoms with E-state index in [2.05, 4.69) is 39.2 Å². The van der Waals surface area contributed by atoms with Crippen molar-refractivity contribution >= 4 is 11.6 Å². The van der Waals surface area contributed by atoms with E-state index in [0.29, 0.717) is 55.1 Å². The lowest BCUT2D eigenvalue weighted by atomic mass is 9.63. The summed E-state index contributed by atoms with van der Waals surface area (Å²) in [7, 11) is 3.27. The van der Waals surface area contributed by atoms with Crippen LogP contribution in [0.4, 0.5) is 4.39 Å². The molecular formula is C37H44FNO5. The predicted molar refractivity (Wildman–Crippen MR) is 169 cm³/mol. The number of nitrogens with zero attached hydrogens (tertiary/aromatic N) is 1. The summed E-state index contributed by atoms with van der Waals surface area (Å²) >= 11 is 0. The van der Waals surface area contributed by atoms with E-state index in [9.17, 15) is 14.0 Å². The average molecular weight is 602 g/mol. The highest BCUT2D eigenvalue weighted by Crippen LogP contribution is 2.55. The van der Waals surface area contributed by atoms with E-state index in [-0.39, 0.29) is 34.8 Å². The molecule has 0 saturated carbocycles. The van der Waals surface area contributed by atoms with Crippen molar-refractivity contribution in [3.8, 4) is 11.5 Å². The molecule has 0 fully saturated rings. The molecule has 1 heterocycles. The molecule has 2 aliphatic carbocycles. The Kier molecular flexibility index (Phi) is 8.90. The van der Waals surface area contributed by atoms with Crippen LogP contribution in [-0.4, -0.2) is 43.8 Å². The zero-order chi connectivity index (χ0) is 31.8. The molecule has 234 valence electrons. The van der Waals surface area contributed by atoms with Gasteiger partial charge in [-0.1, -0.05) is 52.0 Å². The summed E-state index contributed by atoms with van der Waals surface area (Å²) in [5, 5.41) is 0. The van der Waals surface area contributed by atoms with Crippen molar-refractivity contribution < 1.29 is 28.2 Å². The predicted octanol–water partition coefficient (Wildman–Crippen LogP) is 7.47. The van der Waals surface area contributed by atoms with Gasteiger partial charge in [-0.3, -0.25) is 9.59 Å². The van der Waals surface area contributed by atoms with Crippen LogP contribution in [0.3, 0.4) is 0 Å². The van der Waals surface area contributed by atoms with Gasteiger partial charge in [-0.15, -0.1) is 6.58 Å². The number of benzene rings is 2. The molecule has 0 N–H and O–H groups in total. The van der Waals surface area contributed by atoms with Crippen LogP contribution in [0.5, 0.6) is 11.5 Å². The van der Waals surface area contributed by atoms with Gasteiger partial charge in [0.05, 0.1) is 13.7 Å². The van der Waals surface area contributed by atoms with Crippen LogP contribution in [0.15, 0.2) is 71.6 Å². The summed E-state index contributed by atoms with van der Waals surface area (Å²) in [6.07, 6.45) is 4.59. The number of ketones is 2. The fraction of sp³-hybridized carbons (Fsp3) is 0.459. The molecule has 1 aliphatic heterocycles. The summed E-state index contributed by atoms with van der Waals surface area (Å²) in [6.45, 7) is 13.8. The molecule has 44 heavy (non-hydrogen) atoms. The first-order valence-electron chi connectivity index (χ1n) is 15.4. The van der Waals surface area contributed by atoms with E-state index in [1.807, 2.05) is 12.1 Å². The second-order valence-electron chi connectivity index (χ2n) is 13.8. The molecule has 0 radical (unpaired) electrons. The Bertz CT molecular complexity index is 1480. The van der Waals surface area contributed by atoms with Crippen LogP contribution in [0.1, 0.15) is 76.0 Å². The highest BCUT2D eigenvalue weighted by molar-refractivity contribution is 6.06. The van der Waals surface area contributed by atoms with E-state index in [0.717, 1.165) is 40.9 Å². The van der Waals surface area contributed by atoms with Gasteiger partial charge in [-0.05, 0) is 59.4 Å². The minimum Gasteiger partial charge on any atom is -0.493 e. The maximum atomic E-state index is 14.1. The smallest absolute Gasteiger partial charge is 0.165 e. The number of halogens is 1. The topological polar surface area (TPSA) is 65.1 Å². The maximum absolute atomic E-state index is 14.1. The summed E-state index contributed by atoms with van der Waals surface area (Å²) < 4.78 is 31.2. The molecule has 6 nitrogen and oxygen atoms in total. The van der Waals surface area contributed by atoms with E-state index in [1.54, 1.807) is 32.4 Å². The van der Waals surface area contributed by atoms with Gasteiger partial charge >= 0.3 is 0 Å². The van der Waals surface area contributed by atoms with Gasteiger partial charge in [0.2, 0.25) is 0 Å². The lowest BCUT2D eigenvalue weighted by Crippen LogP contribution is -2.45. The molecule has 3 aliphatic rings. The molecule has 0 amide bonds. The Hall–Kier alpha value is -3.71. The van der Waals surface area contributed by atoms with Crippen molar-refractivity contribution in [3.05, 3.63) is 94.1 Å². The molecule has 0 spiro atoms. The van der Waals surface area contributed by atoms with E-state index >= 15 is 0 Å². The number of methoxy groups -OCH3 is 2. The SMILES string of the molecule is C=CCc1cc(C2C3=C(CC(C)(C)CC3=O)N(CCOC)C3=C2C(=O)CC(C)(C)C3)cc(OC)c1OCc1ccc(F)cc1. The average Bonchev–Trinajstić information content (AvgIpc) is 2.94. The first-order chi connectivity index (χ1) is 20.9. The summed E-state index contributed by atoms with van der Waals surface area (Å²) in [6, 6.07) is 10.1. The van der Waals surface area contributed by atoms with Crippen molar-refractivity contribution in [2.75, 3.05) is 27.4 Å². The van der Waals surface area contributed by atoms with Gasteiger partial charge in [-0.25, -0.2) is 4.39 Å². The van der Waals surface area contributed by atoms with Crippen LogP contribution in [0, 0.1) is 16.6 Å². The second kappa shape index (κ2) is 12.4. The number of allylic oxidation sites excluding steroid dienone is 5. The summed E-state index contributed by atoms with van der Waals surface area (Å²) in [4.78, 5) is 30.5. The fourth-order valence-electron chi connectivity index (χ4n) is 7.04. The van der Waals surface area contributed by atoms with Gasteiger partial charge in [0, 0.05) is 60.5 Å². The Morgan fingerprint density at radius 1 is 0.932 bits per heavy atom. The van der Waals surface area contributed by atoms with Gasteiger partial charge in [0.1, 0.15) is 12.4 Å². The normalized spacial score (nSPS) is 19.6. The lowest BCUT2D eigenvalue weighted by molar-refractivity contribution is -0.119. The van der Waals surface area contributed by atoms with Crippen LogP contribution >= 0.6 is 0 Å². The monoisotopic (exact) mass is 601 g/mol. The molecule has 0 unspecified atom stereocenters. The lowest BCUT2D eigenvalue weighted by Gasteiger charge is -2.49. The Morgan fingerprint density at radius 2 is 1.52 bits per heavy atom. The van der Waals surface area contributed by atoms with Crippen molar-refractivity contribution in [3.63, 3.8) is 0 Å². The van der Waals surface area contributed by atoms with Gasteiger partial charge < -0.3 is 19.1 Å². The quantitative estimate of drug-likeness (QED) is 0.263. The summed E-state index contributed by atoms with van der Waals surface area (Å²) in [5.74, 6) is 0.422. The molecule has 0 atom stereocenters. The van der Waals surface area contributed by atoms with Crippen molar-refractivity contribution in [1.29, 1.82) is 0 Å². The molecule has 2 aromatic carbocycles. The van der Waals surface area contributed by atoms with Crippen molar-refractivity contribution in [2.24, 2.45) is 10.8 Å². The largest absolute Gasteiger partial charge is 0.493 e. The Labute approximate surface area is 260 Å². The number of Topliss-reactive ketones (excluding diaryl/α,β-unsaturated/α-hetero) is 2. The van der Waals surface area contributed by atoms with Crippen LogP contribution in [0.2, 0.25) is 0 Å². The minimum absolute atomic E-state index is 0.0775. The molecule has 7 heteroatoms. The Morgan fingerprint density at radius 3 is 2.05 bits per heavy atom. The zero-order valence-electron chi connectivity index (χ0n) is 26.8. The van der Waals surface area contributed by atoms with Gasteiger partial charge in [0.25, 0.3) is 0 Å². The fourth-order valence-corrected chi connectivity index (χ4v) is 7.04. The Balaban J connectivity index is 1.69. The molecule has 0 bridgehead atoms. The molecule has 5 rings (SSSR count). The standard InChI is InChI=1S/C37H44FNO5/c1-8-9-24-16-25(17-31(43-7)35(24)44-22-23-10-12-26(38)13-11-23)32-33-27(18-36(2,3)20-29(33)40)39(14-15-42-6)28-19-37(4,5)21-30(41)34(28)32/h8,10-13,16-17,32H,1,9,14-15,18-22H2,2-7H3.